The number of morpholine rings is 1. The van der Waals surface area contributed by atoms with Crippen LogP contribution in [0.3, 0.4) is 0 Å². The molecule has 0 spiro atoms. The van der Waals surface area contributed by atoms with E-state index in [4.69, 9.17) is 16.3 Å². The van der Waals surface area contributed by atoms with Gasteiger partial charge in [0.2, 0.25) is 5.91 Å². The van der Waals surface area contributed by atoms with Crippen molar-refractivity contribution in [3.8, 4) is 5.69 Å². The average Bonchev–Trinajstić information content (AvgIpc) is 3.05. The number of halogens is 1. The van der Waals surface area contributed by atoms with Gasteiger partial charge in [-0.15, -0.1) is 11.6 Å². The van der Waals surface area contributed by atoms with E-state index in [0.29, 0.717) is 31.9 Å². The first-order valence-electron chi connectivity index (χ1n) is 6.86. The average molecular weight is 306 g/mol. The SMILES string of the molecule is O=C(C(Cl)c1cnn(-c2ccccc2)c1)N1CCOCC1. The molecule has 0 radical (unpaired) electrons. The predicted octanol–water partition coefficient (Wildman–Crippen LogP) is 2.01. The van der Waals surface area contributed by atoms with Gasteiger partial charge in [0.25, 0.3) is 0 Å². The zero-order valence-electron chi connectivity index (χ0n) is 11.5. The number of alkyl halides is 1. The Kier molecular flexibility index (Phi) is 4.22. The third-order valence-corrected chi connectivity index (χ3v) is 3.89. The van der Waals surface area contributed by atoms with Crippen LogP contribution in [0, 0.1) is 0 Å². The van der Waals surface area contributed by atoms with E-state index in [0.717, 1.165) is 5.69 Å². The highest BCUT2D eigenvalue weighted by Crippen LogP contribution is 2.24. The van der Waals surface area contributed by atoms with Gasteiger partial charge in [0.05, 0.1) is 25.1 Å². The Morgan fingerprint density at radius 1 is 1.24 bits per heavy atom. The maximum Gasteiger partial charge on any atom is 0.245 e. The van der Waals surface area contributed by atoms with Gasteiger partial charge in [-0.25, -0.2) is 4.68 Å². The second kappa shape index (κ2) is 6.28. The second-order valence-electron chi connectivity index (χ2n) is 4.85. The maximum atomic E-state index is 12.3. The highest BCUT2D eigenvalue weighted by molar-refractivity contribution is 6.30. The largest absolute Gasteiger partial charge is 0.378 e. The number of hydrogen-bond acceptors (Lipinski definition) is 3. The van der Waals surface area contributed by atoms with Crippen LogP contribution in [0.2, 0.25) is 0 Å². The molecule has 0 N–H and O–H groups in total. The molecule has 5 nitrogen and oxygen atoms in total. The second-order valence-corrected chi connectivity index (χ2v) is 5.29. The van der Waals surface area contributed by atoms with Gasteiger partial charge < -0.3 is 9.64 Å². The number of para-hydroxylation sites is 1. The first kappa shape index (κ1) is 14.1. The summed E-state index contributed by atoms with van der Waals surface area (Å²) in [5.41, 5.74) is 1.64. The Hall–Kier alpha value is -1.85. The molecule has 2 aromatic rings. The van der Waals surface area contributed by atoms with Crippen LogP contribution in [0.4, 0.5) is 0 Å². The highest BCUT2D eigenvalue weighted by atomic mass is 35.5. The molecule has 1 aliphatic heterocycles. The number of amides is 1. The minimum absolute atomic E-state index is 0.0902. The lowest BCUT2D eigenvalue weighted by Crippen LogP contribution is -2.42. The van der Waals surface area contributed by atoms with Gasteiger partial charge in [-0.05, 0) is 12.1 Å². The number of hydrogen-bond donors (Lipinski definition) is 0. The van der Waals surface area contributed by atoms with Crippen molar-refractivity contribution in [3.63, 3.8) is 0 Å². The molecule has 1 unspecified atom stereocenters. The Bertz CT molecular complexity index is 608. The smallest absolute Gasteiger partial charge is 0.245 e. The number of ether oxygens (including phenoxy) is 1. The zero-order chi connectivity index (χ0) is 14.7. The fourth-order valence-electron chi connectivity index (χ4n) is 2.28. The molecular weight excluding hydrogens is 290 g/mol. The molecule has 110 valence electrons. The molecule has 1 aromatic carbocycles. The summed E-state index contributed by atoms with van der Waals surface area (Å²) in [6.07, 6.45) is 3.44. The van der Waals surface area contributed by atoms with Crippen molar-refractivity contribution < 1.29 is 9.53 Å². The fourth-order valence-corrected chi connectivity index (χ4v) is 2.53. The fraction of sp³-hybridized carbons (Fsp3) is 0.333. The van der Waals surface area contributed by atoms with Gasteiger partial charge in [-0.1, -0.05) is 18.2 Å². The molecule has 6 heteroatoms. The monoisotopic (exact) mass is 305 g/mol. The molecule has 1 fully saturated rings. The standard InChI is InChI=1S/C15H16ClN3O2/c16-14(15(20)18-6-8-21-9-7-18)12-10-17-19(11-12)13-4-2-1-3-5-13/h1-5,10-11,14H,6-9H2. The number of carbonyl (C=O) groups excluding carboxylic acids is 1. The van der Waals surface area contributed by atoms with Crippen LogP contribution < -0.4 is 0 Å². The molecule has 1 aliphatic rings. The molecule has 1 saturated heterocycles. The quantitative estimate of drug-likeness (QED) is 0.815. The summed E-state index contributed by atoms with van der Waals surface area (Å²) in [5, 5.41) is 3.56. The summed E-state index contributed by atoms with van der Waals surface area (Å²) < 4.78 is 6.96. The summed E-state index contributed by atoms with van der Waals surface area (Å²) in [7, 11) is 0. The molecule has 1 amide bonds. The van der Waals surface area contributed by atoms with Crippen molar-refractivity contribution in [3.05, 3.63) is 48.3 Å². The normalized spacial score (nSPS) is 16.7. The Morgan fingerprint density at radius 2 is 1.95 bits per heavy atom. The van der Waals surface area contributed by atoms with Crippen molar-refractivity contribution in [2.75, 3.05) is 26.3 Å². The number of nitrogens with zero attached hydrogens (tertiary/aromatic N) is 3. The van der Waals surface area contributed by atoms with Crippen LogP contribution >= 0.6 is 11.6 Å². The minimum atomic E-state index is -0.708. The molecule has 1 aromatic heterocycles. The van der Waals surface area contributed by atoms with E-state index >= 15 is 0 Å². The van der Waals surface area contributed by atoms with Crippen molar-refractivity contribution in [1.82, 2.24) is 14.7 Å². The lowest BCUT2D eigenvalue weighted by atomic mass is 10.2. The summed E-state index contributed by atoms with van der Waals surface area (Å²) in [6, 6.07) is 9.72. The lowest BCUT2D eigenvalue weighted by molar-refractivity contribution is -0.134. The Labute approximate surface area is 128 Å². The lowest BCUT2D eigenvalue weighted by Gasteiger charge is -2.28. The number of carbonyl (C=O) groups is 1. The zero-order valence-corrected chi connectivity index (χ0v) is 12.2. The van der Waals surface area contributed by atoms with E-state index in [1.807, 2.05) is 30.3 Å². The summed E-state index contributed by atoms with van der Waals surface area (Å²) in [5.74, 6) is -0.0902. The minimum Gasteiger partial charge on any atom is -0.378 e. The van der Waals surface area contributed by atoms with E-state index in [-0.39, 0.29) is 5.91 Å². The van der Waals surface area contributed by atoms with Gasteiger partial charge >= 0.3 is 0 Å². The number of benzene rings is 1. The third kappa shape index (κ3) is 3.09. The van der Waals surface area contributed by atoms with Gasteiger partial charge in [-0.3, -0.25) is 4.79 Å². The molecular formula is C15H16ClN3O2. The first-order valence-corrected chi connectivity index (χ1v) is 7.30. The van der Waals surface area contributed by atoms with Crippen molar-refractivity contribution >= 4 is 17.5 Å². The Morgan fingerprint density at radius 3 is 2.67 bits per heavy atom. The van der Waals surface area contributed by atoms with Gasteiger partial charge in [-0.2, -0.15) is 5.10 Å². The van der Waals surface area contributed by atoms with Gasteiger partial charge in [0, 0.05) is 24.8 Å². The van der Waals surface area contributed by atoms with E-state index in [2.05, 4.69) is 5.10 Å². The van der Waals surface area contributed by atoms with E-state index in [9.17, 15) is 4.79 Å². The van der Waals surface area contributed by atoms with E-state index in [1.165, 1.54) is 0 Å². The van der Waals surface area contributed by atoms with Crippen LogP contribution in [0.25, 0.3) is 5.69 Å². The van der Waals surface area contributed by atoms with Crippen molar-refractivity contribution in [2.45, 2.75) is 5.38 Å². The Balaban J connectivity index is 1.74. The predicted molar refractivity (Wildman–Crippen MR) is 79.6 cm³/mol. The van der Waals surface area contributed by atoms with Crippen LogP contribution in [-0.4, -0.2) is 46.9 Å². The van der Waals surface area contributed by atoms with E-state index < -0.39 is 5.38 Å². The van der Waals surface area contributed by atoms with Crippen LogP contribution in [0.5, 0.6) is 0 Å². The van der Waals surface area contributed by atoms with Gasteiger partial charge in [0.15, 0.2) is 0 Å². The van der Waals surface area contributed by atoms with Crippen LogP contribution in [0.15, 0.2) is 42.7 Å². The molecule has 0 bridgehead atoms. The third-order valence-electron chi connectivity index (χ3n) is 3.46. The van der Waals surface area contributed by atoms with Crippen molar-refractivity contribution in [1.29, 1.82) is 0 Å². The molecule has 2 heterocycles. The molecule has 3 rings (SSSR count). The topological polar surface area (TPSA) is 47.4 Å². The summed E-state index contributed by atoms with van der Waals surface area (Å²) in [4.78, 5) is 14.1. The maximum absolute atomic E-state index is 12.3. The summed E-state index contributed by atoms with van der Waals surface area (Å²) in [6.45, 7) is 2.32. The van der Waals surface area contributed by atoms with E-state index in [1.54, 1.807) is 22.0 Å². The number of rotatable bonds is 3. The molecule has 21 heavy (non-hydrogen) atoms. The van der Waals surface area contributed by atoms with Gasteiger partial charge in [0.1, 0.15) is 5.38 Å². The highest BCUT2D eigenvalue weighted by Gasteiger charge is 2.26. The molecule has 0 aliphatic carbocycles. The van der Waals surface area contributed by atoms with Crippen LogP contribution in [0.1, 0.15) is 10.9 Å². The molecule has 0 saturated carbocycles. The summed E-state index contributed by atoms with van der Waals surface area (Å²) >= 11 is 6.31. The number of aromatic nitrogens is 2. The van der Waals surface area contributed by atoms with Crippen LogP contribution in [-0.2, 0) is 9.53 Å². The van der Waals surface area contributed by atoms with Crippen molar-refractivity contribution in [2.24, 2.45) is 0 Å². The molecule has 1 atom stereocenters. The first-order chi connectivity index (χ1) is 10.3.